The number of hydrogen-bond acceptors (Lipinski definition) is 4. The summed E-state index contributed by atoms with van der Waals surface area (Å²) in [4.78, 5) is 0. The highest BCUT2D eigenvalue weighted by atomic mass is 32.1. The number of nitrogens with zero attached hydrogens (tertiary/aromatic N) is 1. The van der Waals surface area contributed by atoms with Crippen molar-refractivity contribution >= 4 is 29.2 Å². The van der Waals surface area contributed by atoms with Crippen molar-refractivity contribution in [3.8, 4) is 17.2 Å². The Hall–Kier alpha value is -3.38. The van der Waals surface area contributed by atoms with Crippen molar-refractivity contribution in [3.05, 3.63) is 84.4 Å². The van der Waals surface area contributed by atoms with Gasteiger partial charge in [0.15, 0.2) is 5.11 Å². The van der Waals surface area contributed by atoms with Gasteiger partial charge in [-0.05, 0) is 73.2 Å². The fourth-order valence-electron chi connectivity index (χ4n) is 2.41. The van der Waals surface area contributed by atoms with E-state index in [9.17, 15) is 0 Å². The van der Waals surface area contributed by atoms with Crippen molar-refractivity contribution in [2.75, 3.05) is 11.9 Å². The van der Waals surface area contributed by atoms with Gasteiger partial charge in [-0.15, -0.1) is 0 Å². The Kier molecular flexibility index (Phi) is 6.98. The fraction of sp³-hybridized carbons (Fsp3) is 0.0909. The monoisotopic (exact) mass is 391 g/mol. The maximum atomic E-state index is 5.82. The number of hydrogen-bond donors (Lipinski definition) is 2. The van der Waals surface area contributed by atoms with Crippen molar-refractivity contribution in [1.29, 1.82) is 0 Å². The maximum Gasteiger partial charge on any atom is 0.191 e. The van der Waals surface area contributed by atoms with Crippen LogP contribution in [0.4, 0.5) is 5.69 Å². The van der Waals surface area contributed by atoms with Gasteiger partial charge in [-0.2, -0.15) is 5.10 Å². The molecule has 142 valence electrons. The first kappa shape index (κ1) is 19.4. The van der Waals surface area contributed by atoms with E-state index < -0.39 is 0 Å². The average Bonchev–Trinajstić information content (AvgIpc) is 2.71. The average molecular weight is 391 g/mol. The number of para-hydroxylation sites is 1. The summed E-state index contributed by atoms with van der Waals surface area (Å²) >= 11 is 5.26. The molecule has 0 radical (unpaired) electrons. The molecular weight excluding hydrogens is 370 g/mol. The van der Waals surface area contributed by atoms with Crippen molar-refractivity contribution in [2.45, 2.75) is 6.92 Å². The lowest BCUT2D eigenvalue weighted by molar-refractivity contribution is 0.340. The van der Waals surface area contributed by atoms with E-state index in [1.165, 1.54) is 0 Å². The molecule has 0 aliphatic rings. The van der Waals surface area contributed by atoms with Gasteiger partial charge in [-0.25, -0.2) is 0 Å². The normalized spacial score (nSPS) is 10.5. The highest BCUT2D eigenvalue weighted by Crippen LogP contribution is 2.21. The first-order valence-electron chi connectivity index (χ1n) is 8.89. The van der Waals surface area contributed by atoms with E-state index >= 15 is 0 Å². The van der Waals surface area contributed by atoms with Gasteiger partial charge in [0.1, 0.15) is 17.2 Å². The zero-order valence-corrected chi connectivity index (χ0v) is 16.3. The molecule has 0 saturated heterocycles. The molecule has 0 saturated carbocycles. The molecule has 0 bridgehead atoms. The Labute approximate surface area is 170 Å². The standard InChI is InChI=1S/C22H21N3O2S/c1-2-26-19-13-11-18(12-14-19)24-22(28)25-23-16-17-7-6-10-21(15-17)27-20-8-4-3-5-9-20/h3-16H,2H2,1H3,(H2,24,25,28). The topological polar surface area (TPSA) is 54.9 Å². The van der Waals surface area contributed by atoms with Crippen molar-refractivity contribution in [2.24, 2.45) is 5.10 Å². The molecule has 0 amide bonds. The number of ether oxygens (including phenoxy) is 2. The van der Waals surface area contributed by atoms with Crippen LogP contribution in [-0.2, 0) is 0 Å². The molecule has 5 nitrogen and oxygen atoms in total. The van der Waals surface area contributed by atoms with E-state index in [0.29, 0.717) is 11.7 Å². The Morgan fingerprint density at radius 1 is 0.929 bits per heavy atom. The molecule has 6 heteroatoms. The molecule has 2 N–H and O–H groups in total. The molecule has 0 fully saturated rings. The van der Waals surface area contributed by atoms with Crippen molar-refractivity contribution in [3.63, 3.8) is 0 Å². The van der Waals surface area contributed by atoms with Gasteiger partial charge in [-0.3, -0.25) is 5.43 Å². The number of anilines is 1. The van der Waals surface area contributed by atoms with Crippen LogP contribution < -0.4 is 20.2 Å². The Balaban J connectivity index is 1.52. The summed E-state index contributed by atoms with van der Waals surface area (Å²) in [6.07, 6.45) is 1.68. The molecule has 0 atom stereocenters. The molecule has 28 heavy (non-hydrogen) atoms. The molecule has 3 aromatic carbocycles. The summed E-state index contributed by atoms with van der Waals surface area (Å²) < 4.78 is 11.2. The van der Waals surface area contributed by atoms with E-state index in [2.05, 4.69) is 15.8 Å². The first-order chi connectivity index (χ1) is 13.7. The van der Waals surface area contributed by atoms with Gasteiger partial charge >= 0.3 is 0 Å². The van der Waals surface area contributed by atoms with Crippen LogP contribution in [0.25, 0.3) is 0 Å². The van der Waals surface area contributed by atoms with Crippen LogP contribution in [0.3, 0.4) is 0 Å². The quantitative estimate of drug-likeness (QED) is 0.329. The van der Waals surface area contributed by atoms with Crippen molar-refractivity contribution in [1.82, 2.24) is 5.43 Å². The highest BCUT2D eigenvalue weighted by Gasteiger charge is 1.99. The SMILES string of the molecule is CCOc1ccc(NC(=S)NN=Cc2cccc(Oc3ccccc3)c2)cc1. The molecule has 0 heterocycles. The molecule has 3 rings (SSSR count). The van der Waals surface area contributed by atoms with Gasteiger partial charge in [0.2, 0.25) is 0 Å². The number of benzene rings is 3. The smallest absolute Gasteiger partial charge is 0.191 e. The van der Waals surface area contributed by atoms with E-state index in [4.69, 9.17) is 21.7 Å². The Morgan fingerprint density at radius 2 is 1.68 bits per heavy atom. The minimum Gasteiger partial charge on any atom is -0.494 e. The Bertz CT molecular complexity index is 928. The van der Waals surface area contributed by atoms with E-state index in [0.717, 1.165) is 28.5 Å². The minimum absolute atomic E-state index is 0.400. The van der Waals surface area contributed by atoms with Crippen LogP contribution in [0.2, 0.25) is 0 Å². The van der Waals surface area contributed by atoms with Crippen LogP contribution in [0.1, 0.15) is 12.5 Å². The van der Waals surface area contributed by atoms with Gasteiger partial charge in [0.25, 0.3) is 0 Å². The predicted molar refractivity (Wildman–Crippen MR) is 118 cm³/mol. The summed E-state index contributed by atoms with van der Waals surface area (Å²) in [6.45, 7) is 2.59. The van der Waals surface area contributed by atoms with Crippen LogP contribution >= 0.6 is 12.2 Å². The fourth-order valence-corrected chi connectivity index (χ4v) is 2.58. The zero-order valence-electron chi connectivity index (χ0n) is 15.5. The number of nitrogens with one attached hydrogen (secondary N) is 2. The third-order valence-electron chi connectivity index (χ3n) is 3.64. The molecule has 0 spiro atoms. The number of rotatable bonds is 7. The number of hydrazone groups is 1. The largest absolute Gasteiger partial charge is 0.494 e. The lowest BCUT2D eigenvalue weighted by atomic mass is 10.2. The lowest BCUT2D eigenvalue weighted by Crippen LogP contribution is -2.23. The second kappa shape index (κ2) is 10.1. The highest BCUT2D eigenvalue weighted by molar-refractivity contribution is 7.80. The van der Waals surface area contributed by atoms with E-state index in [1.54, 1.807) is 6.21 Å². The second-order valence-corrected chi connectivity index (χ2v) is 6.18. The summed E-state index contributed by atoms with van der Waals surface area (Å²) in [5.41, 5.74) is 4.56. The van der Waals surface area contributed by atoms with Gasteiger partial charge in [0.05, 0.1) is 12.8 Å². The number of thiocarbonyl (C=S) groups is 1. The summed E-state index contributed by atoms with van der Waals surface area (Å²) in [5.74, 6) is 2.35. The third kappa shape index (κ3) is 6.10. The first-order valence-corrected chi connectivity index (χ1v) is 9.29. The van der Waals surface area contributed by atoms with Crippen LogP contribution in [0.5, 0.6) is 17.2 Å². The van der Waals surface area contributed by atoms with Gasteiger partial charge < -0.3 is 14.8 Å². The third-order valence-corrected chi connectivity index (χ3v) is 3.83. The zero-order chi connectivity index (χ0) is 19.6. The Morgan fingerprint density at radius 3 is 2.43 bits per heavy atom. The maximum absolute atomic E-state index is 5.82. The predicted octanol–water partition coefficient (Wildman–Crippen LogP) is 5.20. The van der Waals surface area contributed by atoms with E-state index in [1.807, 2.05) is 85.8 Å². The van der Waals surface area contributed by atoms with Gasteiger partial charge in [0, 0.05) is 5.69 Å². The second-order valence-electron chi connectivity index (χ2n) is 5.77. The van der Waals surface area contributed by atoms with Crippen molar-refractivity contribution < 1.29 is 9.47 Å². The van der Waals surface area contributed by atoms with Crippen LogP contribution in [-0.4, -0.2) is 17.9 Å². The summed E-state index contributed by atoms with van der Waals surface area (Å²) in [6, 6.07) is 24.9. The van der Waals surface area contributed by atoms with Gasteiger partial charge in [-0.1, -0.05) is 30.3 Å². The molecular formula is C22H21N3O2S. The molecule has 0 unspecified atom stereocenters. The molecule has 0 aliphatic heterocycles. The minimum atomic E-state index is 0.400. The van der Waals surface area contributed by atoms with Crippen LogP contribution in [0.15, 0.2) is 84.0 Å². The molecule has 0 aromatic heterocycles. The lowest BCUT2D eigenvalue weighted by Gasteiger charge is -2.08. The van der Waals surface area contributed by atoms with Crippen LogP contribution in [0, 0.1) is 0 Å². The molecule has 0 aliphatic carbocycles. The van der Waals surface area contributed by atoms with E-state index in [-0.39, 0.29) is 0 Å². The summed E-state index contributed by atoms with van der Waals surface area (Å²) in [5, 5.41) is 7.64. The molecule has 3 aromatic rings. The summed E-state index contributed by atoms with van der Waals surface area (Å²) in [7, 11) is 0.